The molecule has 1 aliphatic rings. The smallest absolute Gasteiger partial charge is 0.216 e. The molecule has 42 heavy (non-hydrogen) atoms. The lowest BCUT2D eigenvalue weighted by atomic mass is 10.00. The fraction of sp³-hybridized carbons (Fsp3) is 0.636. The van der Waals surface area contributed by atoms with Gasteiger partial charge in [-0.25, -0.2) is 13.1 Å². The summed E-state index contributed by atoms with van der Waals surface area (Å²) >= 11 is 3.97. The van der Waals surface area contributed by atoms with E-state index < -0.39 is 23.1 Å². The van der Waals surface area contributed by atoms with Gasteiger partial charge in [-0.1, -0.05) is 81.4 Å². The maximum atomic E-state index is 13.4. The summed E-state index contributed by atoms with van der Waals surface area (Å²) in [4.78, 5) is 0. The summed E-state index contributed by atoms with van der Waals surface area (Å²) in [5, 5.41) is 0.0723. The number of benzene rings is 2. The van der Waals surface area contributed by atoms with Gasteiger partial charge in [0.05, 0.1) is 28.1 Å². The summed E-state index contributed by atoms with van der Waals surface area (Å²) < 4.78 is 42.3. The lowest BCUT2D eigenvalue weighted by molar-refractivity contribution is 0.0287. The maximum Gasteiger partial charge on any atom is 0.216 e. The Bertz CT molecular complexity index is 1190. The third kappa shape index (κ3) is 10.7. The van der Waals surface area contributed by atoms with Crippen LogP contribution in [0.2, 0.25) is 18.1 Å². The van der Waals surface area contributed by atoms with E-state index in [2.05, 4.69) is 62.9 Å². The molecule has 1 heterocycles. The Hall–Kier alpha value is -0.813. The highest BCUT2D eigenvalue weighted by atomic mass is 32.2. The molecule has 2 atom stereocenters. The third-order valence-corrected chi connectivity index (χ3v) is 18.5. The number of ether oxygens (including phenoxy) is 1. The first-order chi connectivity index (χ1) is 19.5. The first-order valence-corrected chi connectivity index (χ1v) is 21.5. The van der Waals surface area contributed by atoms with Crippen molar-refractivity contribution >= 4 is 41.9 Å². The lowest BCUT2D eigenvalue weighted by Crippen LogP contribution is -2.50. The van der Waals surface area contributed by atoms with Crippen LogP contribution in [0, 0.1) is 0 Å². The second-order valence-corrected chi connectivity index (χ2v) is 24.4. The quantitative estimate of drug-likeness (QED) is 0.208. The van der Waals surface area contributed by atoms with E-state index >= 15 is 0 Å². The van der Waals surface area contributed by atoms with Gasteiger partial charge in [0, 0.05) is 6.04 Å². The van der Waals surface area contributed by atoms with E-state index in [0.29, 0.717) is 19.6 Å². The molecule has 0 aliphatic carbocycles. The summed E-state index contributed by atoms with van der Waals surface area (Å²) in [6, 6.07) is 20.3. The van der Waals surface area contributed by atoms with Crippen molar-refractivity contribution in [1.82, 2.24) is 4.72 Å². The van der Waals surface area contributed by atoms with Gasteiger partial charge >= 0.3 is 0 Å². The van der Waals surface area contributed by atoms with E-state index in [1.165, 1.54) is 0 Å². The highest BCUT2D eigenvalue weighted by Gasteiger charge is 2.44. The standard InChI is InChI=1S/C33H53NO4S3Si/c1-31(2,3)41(35,36)34-29(22-27-16-11-9-12-17-27)23-33(39-20-15-21-40-33)24-30(38-42(7,8)32(4,5)6)26-37-25-28-18-13-10-14-19-28/h9-14,16-19,29-30,34H,15,20-26H2,1-8H3/t29-,30-/m0/s1. The van der Waals surface area contributed by atoms with Gasteiger partial charge in [0.1, 0.15) is 0 Å². The van der Waals surface area contributed by atoms with Crippen LogP contribution in [0.3, 0.4) is 0 Å². The molecule has 0 bridgehead atoms. The first-order valence-electron chi connectivity index (χ1n) is 15.2. The van der Waals surface area contributed by atoms with Crippen molar-refractivity contribution in [3.05, 3.63) is 71.8 Å². The number of hydrogen-bond donors (Lipinski definition) is 1. The summed E-state index contributed by atoms with van der Waals surface area (Å²) in [5.41, 5.74) is 2.29. The molecular formula is C33H53NO4S3Si. The fourth-order valence-electron chi connectivity index (χ4n) is 4.72. The second kappa shape index (κ2) is 15.0. The van der Waals surface area contributed by atoms with Gasteiger partial charge in [-0.15, -0.1) is 23.5 Å². The number of nitrogens with one attached hydrogen (secondary N) is 1. The second-order valence-electron chi connectivity index (χ2n) is 14.0. The van der Waals surface area contributed by atoms with Crippen molar-refractivity contribution in [1.29, 1.82) is 0 Å². The molecule has 0 aromatic heterocycles. The molecule has 2 aromatic rings. The van der Waals surface area contributed by atoms with Crippen LogP contribution in [-0.2, 0) is 32.2 Å². The minimum absolute atomic E-state index is 0.0723. The van der Waals surface area contributed by atoms with E-state index in [-0.39, 0.29) is 21.3 Å². The number of hydrogen-bond acceptors (Lipinski definition) is 6. The van der Waals surface area contributed by atoms with Crippen LogP contribution in [0.1, 0.15) is 71.9 Å². The lowest BCUT2D eigenvalue weighted by Gasteiger charge is -2.44. The van der Waals surface area contributed by atoms with Crippen LogP contribution in [0.4, 0.5) is 0 Å². The molecule has 0 spiro atoms. The topological polar surface area (TPSA) is 64.6 Å². The normalized spacial score (nSPS) is 18.0. The molecule has 0 radical (unpaired) electrons. The largest absolute Gasteiger partial charge is 0.412 e. The van der Waals surface area contributed by atoms with Crippen molar-refractivity contribution in [2.24, 2.45) is 0 Å². The molecule has 5 nitrogen and oxygen atoms in total. The predicted molar refractivity (Wildman–Crippen MR) is 185 cm³/mol. The van der Waals surface area contributed by atoms with Gasteiger partial charge in [-0.2, -0.15) is 0 Å². The Morgan fingerprint density at radius 1 is 0.881 bits per heavy atom. The average Bonchev–Trinajstić information content (AvgIpc) is 2.88. The first kappa shape index (κ1) is 35.7. The third-order valence-electron chi connectivity index (χ3n) is 8.25. The summed E-state index contributed by atoms with van der Waals surface area (Å²) in [5.74, 6) is 2.13. The van der Waals surface area contributed by atoms with Crippen LogP contribution in [0.5, 0.6) is 0 Å². The molecule has 2 aromatic carbocycles. The molecule has 9 heteroatoms. The number of sulfonamides is 1. The molecule has 1 N–H and O–H groups in total. The maximum absolute atomic E-state index is 13.4. The Morgan fingerprint density at radius 3 is 1.95 bits per heavy atom. The zero-order valence-electron chi connectivity index (χ0n) is 26.9. The average molecular weight is 652 g/mol. The van der Waals surface area contributed by atoms with Gasteiger partial charge in [-0.05, 0) is 87.2 Å². The molecule has 1 aliphatic heterocycles. The van der Waals surface area contributed by atoms with Crippen molar-refractivity contribution < 1.29 is 17.6 Å². The summed E-state index contributed by atoms with van der Waals surface area (Å²) in [7, 11) is -5.62. The highest BCUT2D eigenvalue weighted by molar-refractivity contribution is 8.18. The number of rotatable bonds is 14. The van der Waals surface area contributed by atoms with Crippen LogP contribution >= 0.6 is 23.5 Å². The van der Waals surface area contributed by atoms with Crippen molar-refractivity contribution in [3.63, 3.8) is 0 Å². The van der Waals surface area contributed by atoms with Gasteiger partial charge < -0.3 is 9.16 Å². The zero-order chi connectivity index (χ0) is 31.1. The molecule has 0 unspecified atom stereocenters. The zero-order valence-corrected chi connectivity index (χ0v) is 30.4. The molecule has 0 amide bonds. The predicted octanol–water partition coefficient (Wildman–Crippen LogP) is 8.27. The Kier molecular flexibility index (Phi) is 12.7. The molecule has 1 fully saturated rings. The summed E-state index contributed by atoms with van der Waals surface area (Å²) in [6.45, 7) is 17.8. The van der Waals surface area contributed by atoms with Crippen molar-refractivity contribution in [2.45, 2.75) is 113 Å². The Balaban J connectivity index is 1.90. The van der Waals surface area contributed by atoms with Crippen LogP contribution in [0.15, 0.2) is 60.7 Å². The van der Waals surface area contributed by atoms with Crippen molar-refractivity contribution in [2.75, 3.05) is 18.1 Å². The molecule has 236 valence electrons. The van der Waals surface area contributed by atoms with Gasteiger partial charge in [-0.3, -0.25) is 0 Å². The molecule has 3 rings (SSSR count). The van der Waals surface area contributed by atoms with Crippen molar-refractivity contribution in [3.8, 4) is 0 Å². The van der Waals surface area contributed by atoms with Gasteiger partial charge in [0.25, 0.3) is 0 Å². The molecular weight excluding hydrogens is 599 g/mol. The minimum Gasteiger partial charge on any atom is -0.412 e. The van der Waals surface area contributed by atoms with E-state index in [1.807, 2.05) is 59.9 Å². The Labute approximate surface area is 265 Å². The molecule has 0 saturated carbocycles. The Morgan fingerprint density at radius 2 is 1.43 bits per heavy atom. The fourth-order valence-corrected chi connectivity index (χ4v) is 10.6. The van der Waals surface area contributed by atoms with Gasteiger partial charge in [0.15, 0.2) is 8.32 Å². The minimum atomic E-state index is -3.53. The van der Waals surface area contributed by atoms with Gasteiger partial charge in [0.2, 0.25) is 10.0 Å². The van der Waals surface area contributed by atoms with E-state index in [4.69, 9.17) is 9.16 Å². The van der Waals surface area contributed by atoms with E-state index in [9.17, 15) is 8.42 Å². The van der Waals surface area contributed by atoms with Crippen LogP contribution in [-0.4, -0.2) is 55.8 Å². The molecule has 1 saturated heterocycles. The summed E-state index contributed by atoms with van der Waals surface area (Å²) in [6.07, 6.45) is 3.27. The van der Waals surface area contributed by atoms with Crippen LogP contribution < -0.4 is 4.72 Å². The SMILES string of the molecule is CC(C)(C)[Si](C)(C)O[C@H](COCc1ccccc1)CC1(C[C@H](Cc2ccccc2)NS(=O)(=O)C(C)(C)C)SCCCS1. The van der Waals surface area contributed by atoms with E-state index in [1.54, 1.807) is 20.8 Å². The number of thioether (sulfide) groups is 2. The monoisotopic (exact) mass is 651 g/mol. The highest BCUT2D eigenvalue weighted by Crippen LogP contribution is 2.50. The van der Waals surface area contributed by atoms with Crippen LogP contribution in [0.25, 0.3) is 0 Å². The van der Waals surface area contributed by atoms with E-state index in [0.717, 1.165) is 41.9 Å².